The van der Waals surface area contributed by atoms with E-state index in [0.717, 1.165) is 0 Å². The van der Waals surface area contributed by atoms with Gasteiger partial charge in [0.15, 0.2) is 0 Å². The zero-order valence-electron chi connectivity index (χ0n) is 7.76. The number of hydrogen-bond donors (Lipinski definition) is 0. The minimum absolute atomic E-state index is 0. The molecule has 0 aromatic rings. The van der Waals surface area contributed by atoms with E-state index in [1.165, 1.54) is 82.5 Å². The maximum atomic E-state index is 10.0. The van der Waals surface area contributed by atoms with Crippen molar-refractivity contribution in [2.45, 2.75) is 9.16 Å². The largest absolute Gasteiger partial charge is 2.00 e. The van der Waals surface area contributed by atoms with Gasteiger partial charge in [-0.25, -0.2) is 0 Å². The summed E-state index contributed by atoms with van der Waals surface area (Å²) < 4.78 is -0.741. The number of carbonyl (C=O) groups excluding carboxylic acids is 2. The van der Waals surface area contributed by atoms with Gasteiger partial charge in [0.25, 0.3) is 0 Å². The summed E-state index contributed by atoms with van der Waals surface area (Å²) in [4.78, 5) is 20.0. The predicted octanol–water partition coefficient (Wildman–Crippen LogP) is 1.51. The third-order valence-corrected chi connectivity index (χ3v) is 15.9. The number of carboxylic acid groups (broad SMARTS) is 2. The fraction of sp³-hybridized carbons (Fsp3) is 0.500. The SMILES string of the molecule is O=C([O-])C1SSSS1.O=C([O-])C1SSSS1.[Zn+2]. The van der Waals surface area contributed by atoms with Crippen LogP contribution in [0, 0.1) is 0 Å². The second-order valence-electron chi connectivity index (χ2n) is 1.96. The second-order valence-corrected chi connectivity index (χ2v) is 14.6. The van der Waals surface area contributed by atoms with Crippen molar-refractivity contribution in [3.8, 4) is 0 Å². The molecule has 4 nitrogen and oxygen atoms in total. The molecule has 2 aliphatic rings. The van der Waals surface area contributed by atoms with Gasteiger partial charge in [-0.2, -0.15) is 0 Å². The van der Waals surface area contributed by atoms with Crippen LogP contribution in [-0.4, -0.2) is 21.1 Å². The Balaban J connectivity index is 0.000000284. The molecule has 0 aromatic heterocycles. The van der Waals surface area contributed by atoms with Crippen molar-refractivity contribution in [3.63, 3.8) is 0 Å². The second kappa shape index (κ2) is 11.1. The van der Waals surface area contributed by atoms with Crippen LogP contribution in [0.2, 0.25) is 0 Å². The molecule has 0 saturated carbocycles. The number of carbonyl (C=O) groups is 2. The Kier molecular flexibility index (Phi) is 12.6. The van der Waals surface area contributed by atoms with Gasteiger partial charge in [0.2, 0.25) is 0 Å². The van der Waals surface area contributed by atoms with Crippen LogP contribution >= 0.6 is 82.5 Å². The van der Waals surface area contributed by atoms with E-state index in [0.29, 0.717) is 0 Å². The van der Waals surface area contributed by atoms with Crippen LogP contribution in [0.3, 0.4) is 0 Å². The Morgan fingerprint density at radius 1 is 0.706 bits per heavy atom. The van der Waals surface area contributed by atoms with Crippen LogP contribution in [0.15, 0.2) is 0 Å². The van der Waals surface area contributed by atoms with E-state index >= 15 is 0 Å². The van der Waals surface area contributed by atoms with Crippen LogP contribution in [0.5, 0.6) is 0 Å². The molecule has 0 unspecified atom stereocenters. The first-order valence-corrected chi connectivity index (χ1v) is 13.2. The Bertz CT molecular complexity index is 228. The number of rotatable bonds is 2. The molecule has 2 rings (SSSR count). The molecule has 2 fully saturated rings. The van der Waals surface area contributed by atoms with Gasteiger partial charge in [-0.05, 0) is 39.3 Å². The summed E-state index contributed by atoms with van der Waals surface area (Å²) in [6, 6.07) is 0. The first-order valence-electron chi connectivity index (χ1n) is 3.34. The van der Waals surface area contributed by atoms with E-state index in [-0.39, 0.29) is 28.6 Å². The molecule has 0 spiro atoms. The van der Waals surface area contributed by atoms with Gasteiger partial charge < -0.3 is 19.8 Å². The minimum atomic E-state index is -0.975. The molecular formula is C4H2O4S8Zn. The maximum Gasteiger partial charge on any atom is 2.00 e. The van der Waals surface area contributed by atoms with Crippen molar-refractivity contribution < 1.29 is 39.3 Å². The molecular weight excluding hydrogens is 434 g/mol. The van der Waals surface area contributed by atoms with Gasteiger partial charge in [0.05, 0.1) is 11.9 Å². The monoisotopic (exact) mass is 434 g/mol. The number of aliphatic carboxylic acids is 2. The Hall–Kier alpha value is 2.36. The van der Waals surface area contributed by atoms with Gasteiger partial charge in [0, 0.05) is 0 Å². The minimum Gasteiger partial charge on any atom is -0.548 e. The van der Waals surface area contributed by atoms with Gasteiger partial charge in [-0.15, -0.1) is 0 Å². The van der Waals surface area contributed by atoms with E-state index in [1.807, 2.05) is 0 Å². The Labute approximate surface area is 141 Å². The standard InChI is InChI=1S/2C2H2O2S4.Zn/c2*3-1(4)2-5-7-8-6-2;/h2*2H,(H,3,4);/q;;+2/p-2. The number of carboxylic acids is 2. The first-order chi connectivity index (χ1) is 7.61. The van der Waals surface area contributed by atoms with E-state index in [2.05, 4.69) is 0 Å². The smallest absolute Gasteiger partial charge is 0.548 e. The summed E-state index contributed by atoms with van der Waals surface area (Å²) in [5.74, 6) is -1.95. The third kappa shape index (κ3) is 8.28. The van der Waals surface area contributed by atoms with Crippen LogP contribution in [0.1, 0.15) is 0 Å². The van der Waals surface area contributed by atoms with Crippen LogP contribution in [0.25, 0.3) is 0 Å². The van der Waals surface area contributed by atoms with Crippen molar-refractivity contribution in [2.24, 2.45) is 0 Å². The van der Waals surface area contributed by atoms with Crippen molar-refractivity contribution in [1.82, 2.24) is 0 Å². The topological polar surface area (TPSA) is 80.3 Å². The summed E-state index contributed by atoms with van der Waals surface area (Å²) in [7, 11) is 11.3. The molecule has 2 saturated heterocycles. The average Bonchev–Trinajstić information content (AvgIpc) is 2.93. The van der Waals surface area contributed by atoms with E-state index in [4.69, 9.17) is 0 Å². The van der Waals surface area contributed by atoms with Crippen molar-refractivity contribution in [3.05, 3.63) is 0 Å². The molecule has 13 heteroatoms. The molecule has 0 bridgehead atoms. The van der Waals surface area contributed by atoms with Crippen molar-refractivity contribution in [2.75, 3.05) is 0 Å². The average molecular weight is 436 g/mol. The summed E-state index contributed by atoms with van der Waals surface area (Å²) in [6.07, 6.45) is 0. The molecule has 2 heterocycles. The Morgan fingerprint density at radius 2 is 0.941 bits per heavy atom. The third-order valence-electron chi connectivity index (χ3n) is 0.947. The molecule has 0 N–H and O–H groups in total. The van der Waals surface area contributed by atoms with Crippen molar-refractivity contribution >= 4 is 94.4 Å². The molecule has 0 aliphatic carbocycles. The maximum absolute atomic E-state index is 10.0. The van der Waals surface area contributed by atoms with Crippen LogP contribution in [-0.2, 0) is 29.1 Å². The van der Waals surface area contributed by atoms with Gasteiger partial charge >= 0.3 is 19.5 Å². The zero-order valence-corrected chi connectivity index (χ0v) is 17.3. The normalized spacial score (nSPS) is 20.2. The molecule has 0 atom stereocenters. The molecule has 0 radical (unpaired) electrons. The fourth-order valence-electron chi connectivity index (χ4n) is 0.396. The molecule has 0 amide bonds. The molecule has 0 aromatic carbocycles. The van der Waals surface area contributed by atoms with Gasteiger partial charge in [-0.3, -0.25) is 0 Å². The zero-order chi connectivity index (χ0) is 12.0. The summed E-state index contributed by atoms with van der Waals surface area (Å²) in [6.45, 7) is 0. The molecule has 2 aliphatic heterocycles. The number of hydrogen-bond acceptors (Lipinski definition) is 12. The summed E-state index contributed by atoms with van der Waals surface area (Å²) in [5.41, 5.74) is 0. The van der Waals surface area contributed by atoms with Crippen LogP contribution < -0.4 is 10.2 Å². The summed E-state index contributed by atoms with van der Waals surface area (Å²) in [5, 5.41) is 20.0. The molecule has 17 heavy (non-hydrogen) atoms. The van der Waals surface area contributed by atoms with Crippen molar-refractivity contribution in [1.29, 1.82) is 0 Å². The van der Waals surface area contributed by atoms with Crippen LogP contribution in [0.4, 0.5) is 0 Å². The van der Waals surface area contributed by atoms with E-state index in [9.17, 15) is 19.8 Å². The fourth-order valence-corrected chi connectivity index (χ4v) is 16.5. The predicted molar refractivity (Wildman–Crippen MR) is 78.3 cm³/mol. The quantitative estimate of drug-likeness (QED) is 0.465. The van der Waals surface area contributed by atoms with E-state index < -0.39 is 11.9 Å². The summed E-state index contributed by atoms with van der Waals surface area (Å²) >= 11 is 0. The van der Waals surface area contributed by atoms with E-state index in [1.54, 1.807) is 0 Å². The van der Waals surface area contributed by atoms with Gasteiger partial charge in [0.1, 0.15) is 9.16 Å². The Morgan fingerprint density at radius 3 is 1.06 bits per heavy atom. The molecule has 92 valence electrons. The first kappa shape index (κ1) is 19.4. The van der Waals surface area contributed by atoms with Gasteiger partial charge in [-0.1, -0.05) is 43.2 Å².